The largest absolute Gasteiger partial charge is 0.325 e. The van der Waals surface area contributed by atoms with Crippen molar-refractivity contribution in [3.05, 3.63) is 54.4 Å². The quantitative estimate of drug-likeness (QED) is 0.717. The highest BCUT2D eigenvalue weighted by atomic mass is 15.4. The van der Waals surface area contributed by atoms with Crippen molar-refractivity contribution in [1.29, 1.82) is 0 Å². The van der Waals surface area contributed by atoms with E-state index >= 15 is 0 Å². The summed E-state index contributed by atoms with van der Waals surface area (Å²) in [7, 11) is 0. The van der Waals surface area contributed by atoms with E-state index in [9.17, 15) is 0 Å². The number of hydrogen-bond donors (Lipinski definition) is 1. The number of rotatable bonds is 6. The summed E-state index contributed by atoms with van der Waals surface area (Å²) in [5.74, 6) is 0.660. The fraction of sp³-hybridized carbons (Fsp3) is 0.444. The summed E-state index contributed by atoms with van der Waals surface area (Å²) in [6.07, 6.45) is 7.60. The fourth-order valence-corrected chi connectivity index (χ4v) is 3.47. The topological polar surface area (TPSA) is 90.7 Å². The molecule has 26 heavy (non-hydrogen) atoms. The number of hydrogen-bond acceptors (Lipinski definition) is 6. The van der Waals surface area contributed by atoms with Gasteiger partial charge in [0.05, 0.1) is 11.4 Å². The maximum atomic E-state index is 5.59. The summed E-state index contributed by atoms with van der Waals surface area (Å²) in [4.78, 5) is 6.51. The van der Waals surface area contributed by atoms with Crippen LogP contribution in [0, 0.1) is 5.92 Å². The molecule has 2 aromatic heterocycles. The summed E-state index contributed by atoms with van der Waals surface area (Å²) in [6, 6.07) is 8.53. The highest BCUT2D eigenvalue weighted by Crippen LogP contribution is 2.21. The maximum absolute atomic E-state index is 5.59. The Hall–Kier alpha value is -2.58. The monoisotopic (exact) mass is 352 g/mol. The Morgan fingerprint density at radius 3 is 2.58 bits per heavy atom. The van der Waals surface area contributed by atoms with Gasteiger partial charge in [0.2, 0.25) is 0 Å². The van der Waals surface area contributed by atoms with Crippen LogP contribution in [0.25, 0.3) is 5.69 Å². The summed E-state index contributed by atoms with van der Waals surface area (Å²) in [6.45, 7) is 4.62. The van der Waals surface area contributed by atoms with Crippen LogP contribution in [0.5, 0.6) is 0 Å². The molecule has 1 aliphatic rings. The Morgan fingerprint density at radius 1 is 1.12 bits per heavy atom. The molecule has 3 aromatic rings. The van der Waals surface area contributed by atoms with Gasteiger partial charge >= 0.3 is 0 Å². The molecule has 2 N–H and O–H groups in total. The van der Waals surface area contributed by atoms with Gasteiger partial charge < -0.3 is 5.73 Å². The van der Waals surface area contributed by atoms with Crippen molar-refractivity contribution in [2.75, 3.05) is 13.1 Å². The van der Waals surface area contributed by atoms with Crippen LogP contribution in [0.4, 0.5) is 0 Å². The average molecular weight is 352 g/mol. The molecule has 1 saturated heterocycles. The molecular formula is C18H24N8. The first-order valence-electron chi connectivity index (χ1n) is 9.05. The minimum Gasteiger partial charge on any atom is -0.325 e. The standard InChI is InChI=1S/C18H24N8/c19-9-17-12-25(23-22-17)11-16-5-7-24(8-6-16)10-15-1-3-18(4-2-15)26-14-20-13-21-26/h1-4,12-14,16H,5-11,19H2. The smallest absolute Gasteiger partial charge is 0.138 e. The van der Waals surface area contributed by atoms with Crippen LogP contribution in [-0.2, 0) is 19.6 Å². The van der Waals surface area contributed by atoms with Crippen molar-refractivity contribution in [3.8, 4) is 5.69 Å². The van der Waals surface area contributed by atoms with E-state index in [2.05, 4.69) is 49.6 Å². The van der Waals surface area contributed by atoms with Crippen LogP contribution < -0.4 is 5.73 Å². The van der Waals surface area contributed by atoms with E-state index in [1.54, 1.807) is 17.3 Å². The van der Waals surface area contributed by atoms with E-state index in [-0.39, 0.29) is 0 Å². The molecule has 1 fully saturated rings. The molecule has 0 saturated carbocycles. The maximum Gasteiger partial charge on any atom is 0.138 e. The lowest BCUT2D eigenvalue weighted by molar-refractivity contribution is 0.164. The molecule has 0 amide bonds. The lowest BCUT2D eigenvalue weighted by Gasteiger charge is -2.31. The van der Waals surface area contributed by atoms with Gasteiger partial charge in [0.25, 0.3) is 0 Å². The third-order valence-electron chi connectivity index (χ3n) is 4.97. The highest BCUT2D eigenvalue weighted by Gasteiger charge is 2.20. The first-order chi connectivity index (χ1) is 12.8. The first kappa shape index (κ1) is 16.9. The molecule has 4 rings (SSSR count). The summed E-state index contributed by atoms with van der Waals surface area (Å²) >= 11 is 0. The molecule has 0 spiro atoms. The normalized spacial score (nSPS) is 16.2. The average Bonchev–Trinajstić information content (AvgIpc) is 3.36. The van der Waals surface area contributed by atoms with Crippen LogP contribution in [-0.4, -0.2) is 47.7 Å². The molecule has 3 heterocycles. The van der Waals surface area contributed by atoms with E-state index in [0.717, 1.165) is 37.6 Å². The van der Waals surface area contributed by atoms with Crippen molar-refractivity contribution in [3.63, 3.8) is 0 Å². The van der Waals surface area contributed by atoms with Crippen LogP contribution in [0.2, 0.25) is 0 Å². The van der Waals surface area contributed by atoms with Gasteiger partial charge in [-0.15, -0.1) is 5.10 Å². The second kappa shape index (κ2) is 7.76. The summed E-state index contributed by atoms with van der Waals surface area (Å²) in [5, 5.41) is 12.4. The number of nitrogens with zero attached hydrogens (tertiary/aromatic N) is 7. The predicted molar refractivity (Wildman–Crippen MR) is 97.3 cm³/mol. The third kappa shape index (κ3) is 3.97. The molecule has 0 atom stereocenters. The molecule has 0 bridgehead atoms. The van der Waals surface area contributed by atoms with E-state index in [0.29, 0.717) is 12.5 Å². The van der Waals surface area contributed by atoms with E-state index < -0.39 is 0 Å². The lowest BCUT2D eigenvalue weighted by Crippen LogP contribution is -2.34. The minimum atomic E-state index is 0.453. The number of nitrogens with two attached hydrogens (primary N) is 1. The van der Waals surface area contributed by atoms with Crippen molar-refractivity contribution in [2.45, 2.75) is 32.5 Å². The van der Waals surface area contributed by atoms with Gasteiger partial charge in [0.15, 0.2) is 0 Å². The van der Waals surface area contributed by atoms with E-state index in [4.69, 9.17) is 5.73 Å². The molecule has 1 aliphatic heterocycles. The molecular weight excluding hydrogens is 328 g/mol. The molecule has 0 aliphatic carbocycles. The minimum absolute atomic E-state index is 0.453. The zero-order valence-corrected chi connectivity index (χ0v) is 14.8. The first-order valence-corrected chi connectivity index (χ1v) is 9.05. The highest BCUT2D eigenvalue weighted by molar-refractivity contribution is 5.33. The molecule has 0 unspecified atom stereocenters. The van der Waals surface area contributed by atoms with Gasteiger partial charge in [0.1, 0.15) is 12.7 Å². The molecule has 0 radical (unpaired) electrons. The Balaban J connectivity index is 1.27. The van der Waals surface area contributed by atoms with Crippen LogP contribution in [0.3, 0.4) is 0 Å². The van der Waals surface area contributed by atoms with Gasteiger partial charge in [-0.05, 0) is 49.5 Å². The second-order valence-corrected chi connectivity index (χ2v) is 6.86. The summed E-state index contributed by atoms with van der Waals surface area (Å²) in [5.41, 5.74) is 8.82. The molecule has 8 heteroatoms. The van der Waals surface area contributed by atoms with Gasteiger partial charge in [0, 0.05) is 25.8 Å². The number of benzene rings is 1. The van der Waals surface area contributed by atoms with Crippen molar-refractivity contribution in [1.82, 2.24) is 34.7 Å². The SMILES string of the molecule is NCc1cn(CC2CCN(Cc3ccc(-n4cncn4)cc3)CC2)nn1. The summed E-state index contributed by atoms with van der Waals surface area (Å²) < 4.78 is 3.71. The van der Waals surface area contributed by atoms with Gasteiger partial charge in [-0.1, -0.05) is 17.3 Å². The Bertz CT molecular complexity index is 800. The van der Waals surface area contributed by atoms with Crippen molar-refractivity contribution < 1.29 is 0 Å². The lowest BCUT2D eigenvalue weighted by atomic mass is 9.96. The number of aromatic nitrogens is 6. The fourth-order valence-electron chi connectivity index (χ4n) is 3.47. The Kier molecular flexibility index (Phi) is 5.03. The van der Waals surface area contributed by atoms with Gasteiger partial charge in [-0.2, -0.15) is 5.10 Å². The van der Waals surface area contributed by atoms with Gasteiger partial charge in [-0.3, -0.25) is 9.58 Å². The number of likely N-dealkylation sites (tertiary alicyclic amines) is 1. The Labute approximate surface area is 152 Å². The zero-order valence-electron chi connectivity index (χ0n) is 14.8. The van der Waals surface area contributed by atoms with Crippen LogP contribution in [0.1, 0.15) is 24.1 Å². The van der Waals surface area contributed by atoms with Crippen LogP contribution >= 0.6 is 0 Å². The van der Waals surface area contributed by atoms with E-state index in [1.165, 1.54) is 18.4 Å². The van der Waals surface area contributed by atoms with Gasteiger partial charge in [-0.25, -0.2) is 9.67 Å². The number of piperidine rings is 1. The third-order valence-corrected chi connectivity index (χ3v) is 4.97. The molecule has 136 valence electrons. The Morgan fingerprint density at radius 2 is 1.92 bits per heavy atom. The van der Waals surface area contributed by atoms with Crippen molar-refractivity contribution in [2.24, 2.45) is 11.7 Å². The zero-order chi connectivity index (χ0) is 17.8. The second-order valence-electron chi connectivity index (χ2n) is 6.86. The van der Waals surface area contributed by atoms with E-state index in [1.807, 2.05) is 10.9 Å². The van der Waals surface area contributed by atoms with Crippen molar-refractivity contribution >= 4 is 0 Å². The molecule has 8 nitrogen and oxygen atoms in total. The predicted octanol–water partition coefficient (Wildman–Crippen LogP) is 1.23. The van der Waals surface area contributed by atoms with Crippen LogP contribution in [0.15, 0.2) is 43.1 Å². The molecule has 1 aromatic carbocycles.